The Hall–Kier alpha value is -4.90. The van der Waals surface area contributed by atoms with Gasteiger partial charge in [-0.1, -0.05) is 54.2 Å². The van der Waals surface area contributed by atoms with E-state index in [9.17, 15) is 29.1 Å². The summed E-state index contributed by atoms with van der Waals surface area (Å²) in [4.78, 5) is 68.5. The number of aromatic nitrogens is 6. The fourth-order valence-corrected chi connectivity index (χ4v) is 7.01. The maximum atomic E-state index is 13.6. The van der Waals surface area contributed by atoms with Crippen LogP contribution in [0, 0.1) is 0 Å². The van der Waals surface area contributed by atoms with Gasteiger partial charge in [0.15, 0.2) is 0 Å². The number of carbonyl (C=O) groups is 4. The second-order valence-corrected chi connectivity index (χ2v) is 11.3. The third kappa shape index (κ3) is 4.92. The van der Waals surface area contributed by atoms with Crippen molar-refractivity contribution in [1.82, 2.24) is 45.7 Å². The summed E-state index contributed by atoms with van der Waals surface area (Å²) in [5.41, 5.74) is 0.892. The minimum Gasteiger partial charge on any atom is -0.477 e. The Balaban J connectivity index is 1.21. The lowest BCUT2D eigenvalue weighted by Crippen LogP contribution is -2.71. The number of amides is 3. The number of rotatable bonds is 8. The van der Waals surface area contributed by atoms with Gasteiger partial charge in [-0.3, -0.25) is 14.5 Å². The molecule has 42 heavy (non-hydrogen) atoms. The molecule has 15 nitrogen and oxygen atoms in total. The molecule has 1 fully saturated rings. The molecule has 5 N–H and O–H groups in total. The fraction of sp³-hybridized carbons (Fsp3) is 0.200. The van der Waals surface area contributed by atoms with E-state index in [1.54, 1.807) is 54.6 Å². The lowest BCUT2D eigenvalue weighted by molar-refractivity contribution is -0.151. The van der Waals surface area contributed by atoms with Crippen LogP contribution in [0.25, 0.3) is 11.0 Å². The maximum Gasteiger partial charge on any atom is 0.352 e. The van der Waals surface area contributed by atoms with Gasteiger partial charge in [0.2, 0.25) is 11.1 Å². The number of nitrogens with zero attached hydrogens (tertiary/aromatic N) is 5. The first-order chi connectivity index (χ1) is 20.3. The van der Waals surface area contributed by atoms with Crippen molar-refractivity contribution >= 4 is 58.4 Å². The highest BCUT2D eigenvalue weighted by Crippen LogP contribution is 2.41. The molecule has 214 valence electrons. The van der Waals surface area contributed by atoms with Gasteiger partial charge < -0.3 is 20.7 Å². The predicted molar refractivity (Wildman–Crippen MR) is 150 cm³/mol. The number of β-lactam (4-membered cyclic amide) rings is 1. The molecule has 17 heteroatoms. The SMILES string of the molecule is O=C(O)C1=C(CSc2nn[nH]n2)CS[C@H]2C(NC(=O)C(NC(=O)n3c(=O)[nH]c4ccccc43)c3ccccc3)C(=O)N12. The van der Waals surface area contributed by atoms with Crippen LogP contribution in [-0.2, 0) is 14.4 Å². The quantitative estimate of drug-likeness (QED) is 0.139. The van der Waals surface area contributed by atoms with E-state index in [4.69, 9.17) is 0 Å². The maximum absolute atomic E-state index is 13.6. The van der Waals surface area contributed by atoms with E-state index in [-0.39, 0.29) is 11.4 Å². The van der Waals surface area contributed by atoms with Crippen molar-refractivity contribution in [2.45, 2.75) is 22.6 Å². The number of carbonyl (C=O) groups excluding carboxylic acids is 3. The Morgan fingerprint density at radius 3 is 2.62 bits per heavy atom. The molecule has 3 amide bonds. The molecule has 2 aliphatic rings. The molecular weight excluding hydrogens is 586 g/mol. The summed E-state index contributed by atoms with van der Waals surface area (Å²) in [5.74, 6) is -2.01. The van der Waals surface area contributed by atoms with Gasteiger partial charge in [-0.25, -0.2) is 19.0 Å². The van der Waals surface area contributed by atoms with Gasteiger partial charge in [0, 0.05) is 11.5 Å². The molecule has 0 radical (unpaired) electrons. The van der Waals surface area contributed by atoms with E-state index in [1.807, 2.05) is 0 Å². The van der Waals surface area contributed by atoms with Crippen LogP contribution in [-0.4, -0.2) is 86.9 Å². The second kappa shape index (κ2) is 11.2. The number of carboxylic acid groups (broad SMARTS) is 1. The highest BCUT2D eigenvalue weighted by molar-refractivity contribution is 8.01. The number of H-pyrrole nitrogens is 2. The molecule has 4 heterocycles. The molecule has 3 atom stereocenters. The Kier molecular flexibility index (Phi) is 7.26. The number of thioether (sulfide) groups is 2. The molecule has 2 unspecified atom stereocenters. The van der Waals surface area contributed by atoms with E-state index in [2.05, 4.69) is 36.2 Å². The van der Waals surface area contributed by atoms with Crippen molar-refractivity contribution in [1.29, 1.82) is 0 Å². The number of hydrogen-bond donors (Lipinski definition) is 5. The molecule has 2 aromatic heterocycles. The molecule has 2 aromatic carbocycles. The number of hydrogen-bond acceptors (Lipinski definition) is 10. The Bertz CT molecular complexity index is 1790. The second-order valence-electron chi connectivity index (χ2n) is 9.21. The highest BCUT2D eigenvalue weighted by atomic mass is 32.2. The molecule has 0 spiro atoms. The van der Waals surface area contributed by atoms with Gasteiger partial charge in [0.1, 0.15) is 23.2 Å². The fourth-order valence-electron chi connectivity index (χ4n) is 4.79. The summed E-state index contributed by atoms with van der Waals surface area (Å²) < 4.78 is 0.893. The minimum atomic E-state index is -1.26. The zero-order chi connectivity index (χ0) is 29.4. The third-order valence-electron chi connectivity index (χ3n) is 6.70. The van der Waals surface area contributed by atoms with Crippen molar-refractivity contribution < 1.29 is 24.3 Å². The summed E-state index contributed by atoms with van der Waals surface area (Å²) in [6, 6.07) is 11.9. The van der Waals surface area contributed by atoms with Gasteiger partial charge in [-0.15, -0.1) is 22.0 Å². The van der Waals surface area contributed by atoms with Crippen molar-refractivity contribution in [2.24, 2.45) is 0 Å². The molecule has 6 rings (SSSR count). The van der Waals surface area contributed by atoms with Gasteiger partial charge in [0.05, 0.1) is 11.0 Å². The van der Waals surface area contributed by atoms with Crippen LogP contribution in [0.15, 0.2) is 75.8 Å². The van der Waals surface area contributed by atoms with Crippen LogP contribution < -0.4 is 16.3 Å². The van der Waals surface area contributed by atoms with Crippen LogP contribution in [0.3, 0.4) is 0 Å². The number of fused-ring (bicyclic) bond motifs is 2. The van der Waals surface area contributed by atoms with Gasteiger partial charge >= 0.3 is 17.7 Å². The summed E-state index contributed by atoms with van der Waals surface area (Å²) in [6.07, 6.45) is 0. The predicted octanol–water partition coefficient (Wildman–Crippen LogP) is 0.673. The normalized spacial score (nSPS) is 18.8. The molecule has 1 saturated heterocycles. The Morgan fingerprint density at radius 1 is 1.12 bits per heavy atom. The average molecular weight is 608 g/mol. The van der Waals surface area contributed by atoms with Crippen molar-refractivity contribution in [2.75, 3.05) is 11.5 Å². The molecular formula is C25H21N9O6S2. The summed E-state index contributed by atoms with van der Waals surface area (Å²) in [7, 11) is 0. The number of nitrogens with one attached hydrogen (secondary N) is 4. The molecule has 2 aliphatic heterocycles. The van der Waals surface area contributed by atoms with Crippen LogP contribution in [0.5, 0.6) is 0 Å². The summed E-state index contributed by atoms with van der Waals surface area (Å²) in [6.45, 7) is 0. The third-order valence-corrected chi connectivity index (χ3v) is 8.97. The topological polar surface area (TPSA) is 208 Å². The van der Waals surface area contributed by atoms with E-state index in [0.29, 0.717) is 33.1 Å². The van der Waals surface area contributed by atoms with E-state index >= 15 is 0 Å². The van der Waals surface area contributed by atoms with E-state index in [0.717, 1.165) is 9.47 Å². The number of imidazole rings is 1. The number of tetrazole rings is 1. The number of para-hydroxylation sites is 2. The molecule has 4 aromatic rings. The lowest BCUT2D eigenvalue weighted by atomic mass is 10.0. The lowest BCUT2D eigenvalue weighted by Gasteiger charge is -2.49. The van der Waals surface area contributed by atoms with Crippen molar-refractivity contribution in [3.8, 4) is 0 Å². The van der Waals surface area contributed by atoms with Crippen LogP contribution in [0.4, 0.5) is 4.79 Å². The standard InChI is InChI=1S/C25H21N9O6S2/c35-19(16(12-6-2-1-3-7-12)28-25(40)33-15-9-5-4-8-14(15)26-24(33)39)27-17-20(36)34-18(22(37)38)13(10-41-21(17)34)11-42-23-29-31-32-30-23/h1-9,16-17,21H,10-11H2,(H,26,39)(H,27,35)(H,28,40)(H,37,38)(H,29,30,31,32)/t16?,17?,21-/m0/s1. The number of aliphatic carboxylic acids is 1. The Labute approximate surface area is 244 Å². The number of carboxylic acids is 1. The van der Waals surface area contributed by atoms with Gasteiger partial charge in [0.25, 0.3) is 5.91 Å². The molecule has 0 bridgehead atoms. The minimum absolute atomic E-state index is 0.142. The monoisotopic (exact) mass is 607 g/mol. The van der Waals surface area contributed by atoms with Gasteiger partial charge in [-0.05, 0) is 28.5 Å². The summed E-state index contributed by atoms with van der Waals surface area (Å²) in [5, 5.41) is 28.3. The highest BCUT2D eigenvalue weighted by Gasteiger charge is 2.54. The first-order valence-electron chi connectivity index (χ1n) is 12.5. The van der Waals surface area contributed by atoms with Crippen LogP contribution in [0.2, 0.25) is 0 Å². The Morgan fingerprint density at radius 2 is 1.88 bits per heavy atom. The largest absolute Gasteiger partial charge is 0.477 e. The zero-order valence-corrected chi connectivity index (χ0v) is 23.0. The van der Waals surface area contributed by atoms with Crippen molar-refractivity contribution in [3.05, 3.63) is 81.9 Å². The average Bonchev–Trinajstić information content (AvgIpc) is 3.64. The smallest absolute Gasteiger partial charge is 0.352 e. The van der Waals surface area contributed by atoms with Gasteiger partial charge in [-0.2, -0.15) is 5.21 Å². The first kappa shape index (κ1) is 27.3. The van der Waals surface area contributed by atoms with Crippen LogP contribution in [0.1, 0.15) is 11.6 Å². The number of benzene rings is 2. The van der Waals surface area contributed by atoms with E-state index < -0.39 is 47.0 Å². The summed E-state index contributed by atoms with van der Waals surface area (Å²) >= 11 is 2.49. The van der Waals surface area contributed by atoms with Crippen molar-refractivity contribution in [3.63, 3.8) is 0 Å². The van der Waals surface area contributed by atoms with Crippen LogP contribution >= 0.6 is 23.5 Å². The first-order valence-corrected chi connectivity index (χ1v) is 14.5. The molecule has 0 saturated carbocycles. The molecule has 0 aliphatic carbocycles. The van der Waals surface area contributed by atoms with E-state index in [1.165, 1.54) is 23.5 Å². The number of aromatic amines is 2. The zero-order valence-electron chi connectivity index (χ0n) is 21.4.